The number of nitrogens with one attached hydrogen (secondary N) is 1. The molecular formula is C16H17ClFNO2. The van der Waals surface area contributed by atoms with Gasteiger partial charge in [-0.25, -0.2) is 4.39 Å². The number of methoxy groups -OCH3 is 2. The standard InChI is InChI=1S/C16H17ClFNO2/c1-10-6-15(20-2)16(21-3)8-14(10)19-9-11-4-5-13(18)12(17)7-11/h4-8,19H,9H2,1-3H3. The fourth-order valence-electron chi connectivity index (χ4n) is 2.02. The number of anilines is 1. The number of hydrogen-bond donors (Lipinski definition) is 1. The van der Waals surface area contributed by atoms with E-state index in [1.165, 1.54) is 6.07 Å². The van der Waals surface area contributed by atoms with E-state index in [0.29, 0.717) is 18.0 Å². The highest BCUT2D eigenvalue weighted by molar-refractivity contribution is 6.30. The Balaban J connectivity index is 2.17. The van der Waals surface area contributed by atoms with Crippen LogP contribution in [0.4, 0.5) is 10.1 Å². The minimum atomic E-state index is -0.414. The van der Waals surface area contributed by atoms with Crippen LogP contribution in [0.15, 0.2) is 30.3 Å². The molecule has 0 aliphatic carbocycles. The maximum atomic E-state index is 13.1. The molecule has 0 atom stereocenters. The van der Waals surface area contributed by atoms with E-state index in [4.69, 9.17) is 21.1 Å². The van der Waals surface area contributed by atoms with Crippen molar-refractivity contribution in [3.05, 3.63) is 52.3 Å². The van der Waals surface area contributed by atoms with Crippen molar-refractivity contribution >= 4 is 17.3 Å². The first kappa shape index (κ1) is 15.4. The molecule has 0 amide bonds. The van der Waals surface area contributed by atoms with Crippen LogP contribution < -0.4 is 14.8 Å². The van der Waals surface area contributed by atoms with E-state index in [1.54, 1.807) is 26.4 Å². The summed E-state index contributed by atoms with van der Waals surface area (Å²) in [6.07, 6.45) is 0. The zero-order valence-corrected chi connectivity index (χ0v) is 12.9. The predicted molar refractivity (Wildman–Crippen MR) is 83.0 cm³/mol. The number of benzene rings is 2. The van der Waals surface area contributed by atoms with Crippen LogP contribution in [0.25, 0.3) is 0 Å². The van der Waals surface area contributed by atoms with Crippen LogP contribution >= 0.6 is 11.6 Å². The molecule has 0 bridgehead atoms. The summed E-state index contributed by atoms with van der Waals surface area (Å²) in [7, 11) is 3.20. The molecule has 112 valence electrons. The number of hydrogen-bond acceptors (Lipinski definition) is 3. The van der Waals surface area contributed by atoms with E-state index < -0.39 is 5.82 Å². The van der Waals surface area contributed by atoms with Gasteiger partial charge in [0.1, 0.15) is 5.82 Å². The lowest BCUT2D eigenvalue weighted by molar-refractivity contribution is 0.355. The van der Waals surface area contributed by atoms with E-state index in [1.807, 2.05) is 19.1 Å². The van der Waals surface area contributed by atoms with Crippen LogP contribution in [0.2, 0.25) is 5.02 Å². The first-order chi connectivity index (χ1) is 10.0. The third-order valence-corrected chi connectivity index (χ3v) is 3.49. The average Bonchev–Trinajstić information content (AvgIpc) is 2.49. The Morgan fingerprint density at radius 3 is 2.38 bits per heavy atom. The van der Waals surface area contributed by atoms with Crippen molar-refractivity contribution in [2.75, 3.05) is 19.5 Å². The predicted octanol–water partition coefficient (Wildman–Crippen LogP) is 4.42. The second-order valence-electron chi connectivity index (χ2n) is 4.62. The highest BCUT2D eigenvalue weighted by atomic mass is 35.5. The first-order valence-corrected chi connectivity index (χ1v) is 6.83. The Bertz CT molecular complexity index is 646. The molecule has 21 heavy (non-hydrogen) atoms. The fraction of sp³-hybridized carbons (Fsp3) is 0.250. The molecule has 0 aliphatic heterocycles. The SMILES string of the molecule is COc1cc(C)c(NCc2ccc(F)c(Cl)c2)cc1OC. The van der Waals surface area contributed by atoms with Crippen LogP contribution in [-0.4, -0.2) is 14.2 Å². The summed E-state index contributed by atoms with van der Waals surface area (Å²) in [5.41, 5.74) is 2.85. The van der Waals surface area contributed by atoms with Crippen LogP contribution in [-0.2, 0) is 6.54 Å². The lowest BCUT2D eigenvalue weighted by atomic mass is 10.1. The Kier molecular flexibility index (Phi) is 4.91. The summed E-state index contributed by atoms with van der Waals surface area (Å²) < 4.78 is 23.7. The van der Waals surface area contributed by atoms with Gasteiger partial charge in [-0.15, -0.1) is 0 Å². The van der Waals surface area contributed by atoms with Crippen molar-refractivity contribution < 1.29 is 13.9 Å². The third kappa shape index (κ3) is 3.58. The lowest BCUT2D eigenvalue weighted by Crippen LogP contribution is -2.02. The summed E-state index contributed by atoms with van der Waals surface area (Å²) in [4.78, 5) is 0. The van der Waals surface area contributed by atoms with E-state index in [9.17, 15) is 4.39 Å². The lowest BCUT2D eigenvalue weighted by Gasteiger charge is -2.14. The first-order valence-electron chi connectivity index (χ1n) is 6.45. The van der Waals surface area contributed by atoms with Crippen LogP contribution in [0.5, 0.6) is 11.5 Å². The van der Waals surface area contributed by atoms with Gasteiger partial charge in [-0.2, -0.15) is 0 Å². The second-order valence-corrected chi connectivity index (χ2v) is 5.03. The third-order valence-electron chi connectivity index (χ3n) is 3.20. The molecule has 2 aromatic rings. The quantitative estimate of drug-likeness (QED) is 0.887. The number of halogens is 2. The highest BCUT2D eigenvalue weighted by Gasteiger charge is 2.08. The van der Waals surface area contributed by atoms with E-state index in [2.05, 4.69) is 5.32 Å². The Hall–Kier alpha value is -1.94. The Morgan fingerprint density at radius 2 is 1.76 bits per heavy atom. The van der Waals surface area contributed by atoms with Crippen LogP contribution in [0.3, 0.4) is 0 Å². The van der Waals surface area contributed by atoms with Gasteiger partial charge in [-0.05, 0) is 36.2 Å². The molecule has 0 aromatic heterocycles. The van der Waals surface area contributed by atoms with Gasteiger partial charge in [0, 0.05) is 18.3 Å². The van der Waals surface area contributed by atoms with Crippen molar-refractivity contribution in [1.29, 1.82) is 0 Å². The van der Waals surface area contributed by atoms with Gasteiger partial charge in [0.2, 0.25) is 0 Å². The summed E-state index contributed by atoms with van der Waals surface area (Å²) in [5, 5.41) is 3.41. The topological polar surface area (TPSA) is 30.5 Å². The molecule has 5 heteroatoms. The molecule has 0 heterocycles. The second kappa shape index (κ2) is 6.68. The zero-order chi connectivity index (χ0) is 15.4. The molecule has 0 saturated carbocycles. The molecule has 0 aliphatic rings. The Morgan fingerprint density at radius 1 is 1.10 bits per heavy atom. The normalized spacial score (nSPS) is 10.3. The van der Waals surface area contributed by atoms with Gasteiger partial charge in [0.25, 0.3) is 0 Å². The van der Waals surface area contributed by atoms with Gasteiger partial charge in [-0.1, -0.05) is 17.7 Å². The van der Waals surface area contributed by atoms with Gasteiger partial charge in [0.15, 0.2) is 11.5 Å². The number of aryl methyl sites for hydroxylation is 1. The van der Waals surface area contributed by atoms with E-state index in [-0.39, 0.29) is 5.02 Å². The van der Waals surface area contributed by atoms with Crippen LogP contribution in [0, 0.1) is 12.7 Å². The minimum Gasteiger partial charge on any atom is -0.493 e. The van der Waals surface area contributed by atoms with Crippen molar-refractivity contribution in [1.82, 2.24) is 0 Å². The van der Waals surface area contributed by atoms with Crippen LogP contribution in [0.1, 0.15) is 11.1 Å². The van der Waals surface area contributed by atoms with Crippen molar-refractivity contribution in [3.63, 3.8) is 0 Å². The van der Waals surface area contributed by atoms with Crippen molar-refractivity contribution in [3.8, 4) is 11.5 Å². The summed E-state index contributed by atoms with van der Waals surface area (Å²) in [5.74, 6) is 0.927. The minimum absolute atomic E-state index is 0.123. The maximum Gasteiger partial charge on any atom is 0.162 e. The van der Waals surface area contributed by atoms with Gasteiger partial charge in [-0.3, -0.25) is 0 Å². The average molecular weight is 310 g/mol. The smallest absolute Gasteiger partial charge is 0.162 e. The molecule has 0 spiro atoms. The van der Waals surface area contributed by atoms with E-state index >= 15 is 0 Å². The fourth-order valence-corrected chi connectivity index (χ4v) is 2.22. The zero-order valence-electron chi connectivity index (χ0n) is 12.2. The van der Waals surface area contributed by atoms with Gasteiger partial charge >= 0.3 is 0 Å². The summed E-state index contributed by atoms with van der Waals surface area (Å²) in [6, 6.07) is 8.45. The Labute approximate surface area is 128 Å². The molecule has 0 radical (unpaired) electrons. The van der Waals surface area contributed by atoms with Gasteiger partial charge < -0.3 is 14.8 Å². The molecule has 1 N–H and O–H groups in total. The van der Waals surface area contributed by atoms with Crippen molar-refractivity contribution in [2.45, 2.75) is 13.5 Å². The molecule has 0 fully saturated rings. The number of rotatable bonds is 5. The molecular weight excluding hydrogens is 293 g/mol. The largest absolute Gasteiger partial charge is 0.493 e. The summed E-state index contributed by atoms with van der Waals surface area (Å²) in [6.45, 7) is 2.51. The maximum absolute atomic E-state index is 13.1. The molecule has 2 rings (SSSR count). The van der Waals surface area contributed by atoms with Crippen molar-refractivity contribution in [2.24, 2.45) is 0 Å². The van der Waals surface area contributed by atoms with E-state index in [0.717, 1.165) is 16.8 Å². The molecule has 0 unspecified atom stereocenters. The monoisotopic (exact) mass is 309 g/mol. The molecule has 3 nitrogen and oxygen atoms in total. The highest BCUT2D eigenvalue weighted by Crippen LogP contribution is 2.33. The van der Waals surface area contributed by atoms with Gasteiger partial charge in [0.05, 0.1) is 19.2 Å². The number of ether oxygens (including phenoxy) is 2. The molecule has 0 saturated heterocycles. The molecule has 2 aromatic carbocycles. The summed E-state index contributed by atoms with van der Waals surface area (Å²) >= 11 is 5.77.